The van der Waals surface area contributed by atoms with Crippen molar-refractivity contribution >= 4 is 0 Å². The third-order valence-electron chi connectivity index (χ3n) is 5.32. The summed E-state index contributed by atoms with van der Waals surface area (Å²) in [6.45, 7) is 3.49. The zero-order valence-corrected chi connectivity index (χ0v) is 14.0. The third-order valence-corrected chi connectivity index (χ3v) is 5.32. The lowest BCUT2D eigenvalue weighted by Gasteiger charge is -2.50. The van der Waals surface area contributed by atoms with E-state index in [4.69, 9.17) is 0 Å². The first-order chi connectivity index (χ1) is 9.93. The van der Waals surface area contributed by atoms with Gasteiger partial charge in [-0.2, -0.15) is 0 Å². The van der Waals surface area contributed by atoms with Gasteiger partial charge in [-0.25, -0.2) is 0 Å². The Morgan fingerprint density at radius 2 is 1.76 bits per heavy atom. The van der Waals surface area contributed by atoms with Crippen LogP contribution >= 0.6 is 0 Å². The molecule has 0 saturated heterocycles. The molecule has 21 heavy (non-hydrogen) atoms. The summed E-state index contributed by atoms with van der Waals surface area (Å²) in [7, 11) is 6.69. The molecule has 1 saturated carbocycles. The first-order valence-corrected chi connectivity index (χ1v) is 8.08. The van der Waals surface area contributed by atoms with E-state index in [0.29, 0.717) is 17.3 Å². The molecule has 2 rings (SSSR count). The number of benzene rings is 1. The number of aromatic hydroxyl groups is 1. The van der Waals surface area contributed by atoms with E-state index in [1.165, 1.54) is 24.8 Å². The number of aryl methyl sites for hydroxylation is 1. The SMILES string of the molecule is CC(CCc1ccc(O)cc1)N(C)CC1(N(C)C)CCC1. The van der Waals surface area contributed by atoms with Crippen molar-refractivity contribution in [3.63, 3.8) is 0 Å². The number of phenols is 1. The molecule has 1 fully saturated rings. The summed E-state index contributed by atoms with van der Waals surface area (Å²) in [6.07, 6.45) is 6.25. The third kappa shape index (κ3) is 3.98. The molecule has 0 aromatic heterocycles. The number of nitrogens with zero attached hydrogens (tertiary/aromatic N) is 2. The van der Waals surface area contributed by atoms with Gasteiger partial charge in [-0.3, -0.25) is 0 Å². The number of hydrogen-bond acceptors (Lipinski definition) is 3. The molecule has 1 atom stereocenters. The predicted molar refractivity (Wildman–Crippen MR) is 88.8 cm³/mol. The van der Waals surface area contributed by atoms with Crippen molar-refractivity contribution < 1.29 is 5.11 Å². The largest absolute Gasteiger partial charge is 0.508 e. The van der Waals surface area contributed by atoms with Gasteiger partial charge in [0.2, 0.25) is 0 Å². The van der Waals surface area contributed by atoms with Gasteiger partial charge in [0.15, 0.2) is 0 Å². The molecule has 3 heteroatoms. The summed E-state index contributed by atoms with van der Waals surface area (Å²) in [5.41, 5.74) is 1.71. The highest BCUT2D eigenvalue weighted by Gasteiger charge is 2.40. The van der Waals surface area contributed by atoms with E-state index in [9.17, 15) is 5.11 Å². The summed E-state index contributed by atoms with van der Waals surface area (Å²) in [5.74, 6) is 0.349. The molecule has 118 valence electrons. The fourth-order valence-corrected chi connectivity index (χ4v) is 3.21. The van der Waals surface area contributed by atoms with Crippen LogP contribution in [0.5, 0.6) is 5.75 Å². The van der Waals surface area contributed by atoms with Crippen LogP contribution in [0, 0.1) is 0 Å². The molecule has 0 amide bonds. The average Bonchev–Trinajstić information content (AvgIpc) is 2.41. The summed E-state index contributed by atoms with van der Waals surface area (Å²) in [4.78, 5) is 4.93. The van der Waals surface area contributed by atoms with Crippen LogP contribution in [0.1, 0.15) is 38.2 Å². The molecule has 3 nitrogen and oxygen atoms in total. The summed E-state index contributed by atoms with van der Waals surface area (Å²) in [6, 6.07) is 8.18. The Balaban J connectivity index is 1.82. The topological polar surface area (TPSA) is 26.7 Å². The Morgan fingerprint density at radius 1 is 1.14 bits per heavy atom. The minimum Gasteiger partial charge on any atom is -0.508 e. The van der Waals surface area contributed by atoms with Gasteiger partial charge in [0.25, 0.3) is 0 Å². The Kier molecular flexibility index (Phi) is 5.28. The fraction of sp³-hybridized carbons (Fsp3) is 0.667. The van der Waals surface area contributed by atoms with Gasteiger partial charge >= 0.3 is 0 Å². The molecule has 1 aromatic rings. The maximum Gasteiger partial charge on any atom is 0.115 e. The molecular formula is C18H30N2O. The standard InChI is InChI=1S/C18H30N2O/c1-15(6-7-16-8-10-17(21)11-9-16)20(4)14-18(19(2)3)12-5-13-18/h8-11,15,21H,5-7,12-14H2,1-4H3. The predicted octanol–water partition coefficient (Wildman–Crippen LogP) is 3.13. The second kappa shape index (κ2) is 6.80. The van der Waals surface area contributed by atoms with E-state index in [-0.39, 0.29) is 0 Å². The van der Waals surface area contributed by atoms with Gasteiger partial charge in [0, 0.05) is 18.1 Å². The number of hydrogen-bond donors (Lipinski definition) is 1. The monoisotopic (exact) mass is 290 g/mol. The van der Waals surface area contributed by atoms with E-state index >= 15 is 0 Å². The van der Waals surface area contributed by atoms with Crippen LogP contribution < -0.4 is 0 Å². The highest BCUT2D eigenvalue weighted by Crippen LogP contribution is 2.37. The first-order valence-electron chi connectivity index (χ1n) is 8.08. The first kappa shape index (κ1) is 16.3. The minimum absolute atomic E-state index is 0.349. The lowest BCUT2D eigenvalue weighted by atomic mass is 9.75. The second-order valence-corrected chi connectivity index (χ2v) is 6.94. The molecule has 1 aromatic carbocycles. The lowest BCUT2D eigenvalue weighted by Crippen LogP contribution is -2.57. The zero-order chi connectivity index (χ0) is 15.5. The summed E-state index contributed by atoms with van der Waals surface area (Å²) >= 11 is 0. The van der Waals surface area contributed by atoms with E-state index in [0.717, 1.165) is 19.4 Å². The van der Waals surface area contributed by atoms with Crippen molar-refractivity contribution in [2.45, 2.75) is 50.6 Å². The van der Waals surface area contributed by atoms with Crippen molar-refractivity contribution in [2.75, 3.05) is 27.7 Å². The van der Waals surface area contributed by atoms with Crippen molar-refractivity contribution in [3.8, 4) is 5.75 Å². The van der Waals surface area contributed by atoms with E-state index < -0.39 is 0 Å². The Morgan fingerprint density at radius 3 is 2.24 bits per heavy atom. The number of phenolic OH excluding ortho intramolecular Hbond substituents is 1. The van der Waals surface area contributed by atoms with Crippen LogP contribution in [0.2, 0.25) is 0 Å². The van der Waals surface area contributed by atoms with Gasteiger partial charge in [-0.05, 0) is 77.9 Å². The molecular weight excluding hydrogens is 260 g/mol. The van der Waals surface area contributed by atoms with Crippen LogP contribution in [0.3, 0.4) is 0 Å². The maximum atomic E-state index is 9.32. The van der Waals surface area contributed by atoms with Gasteiger partial charge in [-0.1, -0.05) is 12.1 Å². The fourth-order valence-electron chi connectivity index (χ4n) is 3.21. The van der Waals surface area contributed by atoms with Gasteiger partial charge in [0.1, 0.15) is 5.75 Å². The minimum atomic E-state index is 0.349. The van der Waals surface area contributed by atoms with E-state index in [1.54, 1.807) is 12.1 Å². The molecule has 1 aliphatic rings. The molecule has 0 heterocycles. The van der Waals surface area contributed by atoms with Crippen molar-refractivity contribution in [2.24, 2.45) is 0 Å². The van der Waals surface area contributed by atoms with E-state index in [2.05, 4.69) is 37.9 Å². The maximum absolute atomic E-state index is 9.32. The van der Waals surface area contributed by atoms with Crippen LogP contribution in [-0.2, 0) is 6.42 Å². The van der Waals surface area contributed by atoms with Gasteiger partial charge < -0.3 is 14.9 Å². The molecule has 0 radical (unpaired) electrons. The van der Waals surface area contributed by atoms with Crippen molar-refractivity contribution in [1.82, 2.24) is 9.80 Å². The van der Waals surface area contributed by atoms with Crippen molar-refractivity contribution in [1.29, 1.82) is 0 Å². The lowest BCUT2D eigenvalue weighted by molar-refractivity contribution is 0.0173. The van der Waals surface area contributed by atoms with E-state index in [1.807, 2.05) is 12.1 Å². The van der Waals surface area contributed by atoms with Crippen LogP contribution in [-0.4, -0.2) is 54.2 Å². The quantitative estimate of drug-likeness (QED) is 0.836. The molecule has 0 bridgehead atoms. The summed E-state index contributed by atoms with van der Waals surface area (Å²) < 4.78 is 0. The normalized spacial score (nSPS) is 18.8. The van der Waals surface area contributed by atoms with Crippen LogP contribution in [0.15, 0.2) is 24.3 Å². The smallest absolute Gasteiger partial charge is 0.115 e. The number of likely N-dealkylation sites (N-methyl/N-ethyl adjacent to an activating group) is 2. The summed E-state index contributed by atoms with van der Waals surface area (Å²) in [5, 5.41) is 9.32. The van der Waals surface area contributed by atoms with Crippen molar-refractivity contribution in [3.05, 3.63) is 29.8 Å². The Bertz CT molecular complexity index is 437. The zero-order valence-electron chi connectivity index (χ0n) is 14.0. The molecule has 0 spiro atoms. The number of rotatable bonds is 7. The average molecular weight is 290 g/mol. The van der Waals surface area contributed by atoms with Gasteiger partial charge in [-0.15, -0.1) is 0 Å². The Labute approximate surface area is 129 Å². The Hall–Kier alpha value is -1.06. The van der Waals surface area contributed by atoms with Gasteiger partial charge in [0.05, 0.1) is 0 Å². The second-order valence-electron chi connectivity index (χ2n) is 6.94. The molecule has 0 aliphatic heterocycles. The molecule has 1 N–H and O–H groups in total. The highest BCUT2D eigenvalue weighted by molar-refractivity contribution is 5.25. The molecule has 1 unspecified atom stereocenters. The van der Waals surface area contributed by atoms with Crippen LogP contribution in [0.25, 0.3) is 0 Å². The molecule has 1 aliphatic carbocycles. The highest BCUT2D eigenvalue weighted by atomic mass is 16.3. The van der Waals surface area contributed by atoms with Crippen LogP contribution in [0.4, 0.5) is 0 Å².